The molecule has 2 fully saturated rings. The van der Waals surface area contributed by atoms with E-state index in [4.69, 9.17) is 21.3 Å². The SMILES string of the molecule is CC1(NC(=O)O[C@H]2C[C@@H](c3cc(Nc4nc(-c5cccc(C#N)c5)cn5nc(Cl)cc45)n[nH]3)C[C@H]2F)CC1. The number of ether oxygens (including phenoxy) is 1. The van der Waals surface area contributed by atoms with Crippen LogP contribution in [0.1, 0.15) is 49.8 Å². The number of aromatic nitrogens is 5. The van der Waals surface area contributed by atoms with Gasteiger partial charge in [-0.25, -0.2) is 18.7 Å². The number of alkyl carbamates (subject to hydrolysis) is 1. The number of alkyl halides is 1. The summed E-state index contributed by atoms with van der Waals surface area (Å²) in [7, 11) is 0. The van der Waals surface area contributed by atoms with Crippen LogP contribution in [0.4, 0.5) is 20.8 Å². The molecule has 0 saturated heterocycles. The van der Waals surface area contributed by atoms with Crippen molar-refractivity contribution in [2.75, 3.05) is 5.32 Å². The highest BCUT2D eigenvalue weighted by Crippen LogP contribution is 2.39. The highest BCUT2D eigenvalue weighted by Gasteiger charge is 2.42. The van der Waals surface area contributed by atoms with Crippen LogP contribution in [-0.2, 0) is 4.74 Å². The number of amides is 1. The molecule has 3 N–H and O–H groups in total. The topological polar surface area (TPSA) is 133 Å². The summed E-state index contributed by atoms with van der Waals surface area (Å²) in [5.74, 6) is 0.761. The molecule has 2 aliphatic carbocycles. The fourth-order valence-corrected chi connectivity index (χ4v) is 4.91. The maximum absolute atomic E-state index is 14.7. The van der Waals surface area contributed by atoms with E-state index in [9.17, 15) is 14.4 Å². The van der Waals surface area contributed by atoms with E-state index in [0.717, 1.165) is 24.1 Å². The number of hydrogen-bond donors (Lipinski definition) is 3. The quantitative estimate of drug-likeness (QED) is 0.307. The first-order valence-electron chi connectivity index (χ1n) is 12.3. The number of anilines is 2. The summed E-state index contributed by atoms with van der Waals surface area (Å²) in [6.07, 6.45) is 1.49. The Labute approximate surface area is 222 Å². The van der Waals surface area contributed by atoms with Crippen molar-refractivity contribution in [2.45, 2.75) is 56.3 Å². The lowest BCUT2D eigenvalue weighted by Gasteiger charge is -2.17. The molecule has 2 saturated carbocycles. The number of aromatic amines is 1. The van der Waals surface area contributed by atoms with E-state index in [2.05, 4.69) is 32.0 Å². The van der Waals surface area contributed by atoms with Gasteiger partial charge in [0.15, 0.2) is 16.8 Å². The van der Waals surface area contributed by atoms with Crippen molar-refractivity contribution < 1.29 is 13.9 Å². The Hall–Kier alpha value is -4.17. The Bertz CT molecular complexity index is 1570. The average molecular weight is 535 g/mol. The van der Waals surface area contributed by atoms with E-state index in [1.807, 2.05) is 13.0 Å². The lowest BCUT2D eigenvalue weighted by Crippen LogP contribution is -2.38. The number of hydrogen-bond acceptors (Lipinski definition) is 7. The molecular weight excluding hydrogens is 511 g/mol. The fraction of sp³-hybridized carbons (Fsp3) is 0.346. The summed E-state index contributed by atoms with van der Waals surface area (Å²) in [6, 6.07) is 12.7. The van der Waals surface area contributed by atoms with E-state index in [1.165, 1.54) is 0 Å². The predicted octanol–water partition coefficient (Wildman–Crippen LogP) is 5.25. The standard InChI is InChI=1S/C26H24ClFN8O2/c1-26(5-6-26)32-25(37)38-21-9-16(8-17(21)28)18-10-23(34-33-18)31-24-20-11-22(27)35-36(20)13-19(30-24)15-4-2-3-14(7-15)12-29/h2-4,7,10-11,13,16-17,21H,5-6,8-9H2,1H3,(H,32,37)(H2,30,31,33,34)/t16-,17+,21-/m0/s1. The monoisotopic (exact) mass is 534 g/mol. The first-order valence-corrected chi connectivity index (χ1v) is 12.7. The van der Waals surface area contributed by atoms with Gasteiger partial charge in [-0.2, -0.15) is 15.5 Å². The van der Waals surface area contributed by atoms with Crippen molar-refractivity contribution >= 4 is 34.8 Å². The van der Waals surface area contributed by atoms with Crippen molar-refractivity contribution in [3.05, 3.63) is 59.0 Å². The molecule has 1 amide bonds. The largest absolute Gasteiger partial charge is 0.443 e. The van der Waals surface area contributed by atoms with Gasteiger partial charge in [0, 0.05) is 34.8 Å². The minimum Gasteiger partial charge on any atom is -0.443 e. The van der Waals surface area contributed by atoms with E-state index < -0.39 is 18.4 Å². The number of nitriles is 1. The molecule has 194 valence electrons. The van der Waals surface area contributed by atoms with Gasteiger partial charge in [-0.3, -0.25) is 5.10 Å². The van der Waals surface area contributed by atoms with Gasteiger partial charge in [0.05, 0.1) is 23.5 Å². The minimum atomic E-state index is -1.26. The number of fused-ring (bicyclic) bond motifs is 1. The molecule has 3 atom stereocenters. The number of nitrogens with one attached hydrogen (secondary N) is 3. The Kier molecular flexibility index (Phi) is 5.91. The van der Waals surface area contributed by atoms with Crippen LogP contribution in [0.5, 0.6) is 0 Å². The molecule has 0 bridgehead atoms. The summed E-state index contributed by atoms with van der Waals surface area (Å²) in [5, 5.41) is 27.2. The summed E-state index contributed by atoms with van der Waals surface area (Å²) < 4.78 is 21.7. The second kappa shape index (κ2) is 9.29. The fourth-order valence-electron chi connectivity index (χ4n) is 4.72. The van der Waals surface area contributed by atoms with Gasteiger partial charge in [-0.15, -0.1) is 0 Å². The lowest BCUT2D eigenvalue weighted by molar-refractivity contribution is 0.0583. The molecule has 38 heavy (non-hydrogen) atoms. The predicted molar refractivity (Wildman–Crippen MR) is 138 cm³/mol. The number of rotatable bonds is 6. The molecule has 0 unspecified atom stereocenters. The maximum atomic E-state index is 14.7. The van der Waals surface area contributed by atoms with Crippen LogP contribution >= 0.6 is 11.6 Å². The number of carbonyl (C=O) groups excluding carboxylic acids is 1. The highest BCUT2D eigenvalue weighted by atomic mass is 35.5. The molecule has 0 radical (unpaired) electrons. The molecular formula is C26H24ClFN8O2. The third-order valence-electron chi connectivity index (χ3n) is 7.09. The second-order valence-electron chi connectivity index (χ2n) is 10.1. The molecule has 3 aromatic heterocycles. The molecule has 2 aliphatic rings. The Morgan fingerprint density at radius 3 is 2.95 bits per heavy atom. The zero-order valence-corrected chi connectivity index (χ0v) is 21.2. The smallest absolute Gasteiger partial charge is 0.407 e. The molecule has 1 aromatic carbocycles. The van der Waals surface area contributed by atoms with Crippen LogP contribution in [0.2, 0.25) is 5.15 Å². The van der Waals surface area contributed by atoms with E-state index in [-0.39, 0.29) is 17.9 Å². The molecule has 3 heterocycles. The van der Waals surface area contributed by atoms with Crippen LogP contribution < -0.4 is 10.6 Å². The van der Waals surface area contributed by atoms with Crippen LogP contribution in [0.25, 0.3) is 16.8 Å². The van der Waals surface area contributed by atoms with Gasteiger partial charge in [0.1, 0.15) is 17.8 Å². The van der Waals surface area contributed by atoms with Gasteiger partial charge in [-0.1, -0.05) is 23.7 Å². The average Bonchev–Trinajstić information content (AvgIpc) is 3.21. The summed E-state index contributed by atoms with van der Waals surface area (Å²) >= 11 is 6.17. The maximum Gasteiger partial charge on any atom is 0.407 e. The van der Waals surface area contributed by atoms with Gasteiger partial charge in [-0.05, 0) is 44.7 Å². The van der Waals surface area contributed by atoms with Gasteiger partial charge in [0.25, 0.3) is 0 Å². The first-order chi connectivity index (χ1) is 18.3. The Balaban J connectivity index is 1.20. The number of benzene rings is 1. The van der Waals surface area contributed by atoms with Crippen LogP contribution in [0, 0.1) is 11.3 Å². The third kappa shape index (κ3) is 4.87. The van der Waals surface area contributed by atoms with Crippen molar-refractivity contribution in [2.24, 2.45) is 0 Å². The minimum absolute atomic E-state index is 0.181. The molecule has 4 aromatic rings. The van der Waals surface area contributed by atoms with Crippen molar-refractivity contribution in [1.29, 1.82) is 5.26 Å². The molecule has 0 aliphatic heterocycles. The Morgan fingerprint density at radius 1 is 1.32 bits per heavy atom. The number of halogens is 2. The molecule has 6 rings (SSSR count). The number of carbonyl (C=O) groups is 1. The number of H-pyrrole nitrogens is 1. The zero-order valence-electron chi connectivity index (χ0n) is 20.4. The first kappa shape index (κ1) is 24.2. The van der Waals surface area contributed by atoms with Crippen molar-refractivity contribution in [3.8, 4) is 17.3 Å². The van der Waals surface area contributed by atoms with Gasteiger partial charge >= 0.3 is 6.09 Å². The van der Waals surface area contributed by atoms with Crippen molar-refractivity contribution in [3.63, 3.8) is 0 Å². The normalized spacial score (nSPS) is 21.7. The molecule has 12 heteroatoms. The molecule has 10 nitrogen and oxygen atoms in total. The zero-order chi connectivity index (χ0) is 26.4. The second-order valence-corrected chi connectivity index (χ2v) is 10.5. The van der Waals surface area contributed by atoms with Crippen molar-refractivity contribution in [1.82, 2.24) is 30.1 Å². The van der Waals surface area contributed by atoms with Crippen LogP contribution in [0.15, 0.2) is 42.6 Å². The van der Waals surface area contributed by atoms with Crippen LogP contribution in [-0.4, -0.2) is 48.7 Å². The number of nitrogens with zero attached hydrogens (tertiary/aromatic N) is 5. The summed E-state index contributed by atoms with van der Waals surface area (Å²) in [6.45, 7) is 1.94. The highest BCUT2D eigenvalue weighted by molar-refractivity contribution is 6.29. The van der Waals surface area contributed by atoms with Gasteiger partial charge in [0.2, 0.25) is 0 Å². The molecule has 0 spiro atoms. The van der Waals surface area contributed by atoms with Gasteiger partial charge < -0.3 is 15.4 Å². The Morgan fingerprint density at radius 2 is 2.16 bits per heavy atom. The summed E-state index contributed by atoms with van der Waals surface area (Å²) in [4.78, 5) is 16.9. The summed E-state index contributed by atoms with van der Waals surface area (Å²) in [5.41, 5.74) is 2.99. The van der Waals surface area contributed by atoms with Crippen LogP contribution in [0.3, 0.4) is 0 Å². The van der Waals surface area contributed by atoms with E-state index >= 15 is 0 Å². The third-order valence-corrected chi connectivity index (χ3v) is 7.27. The lowest BCUT2D eigenvalue weighted by atomic mass is 10.0. The van der Waals surface area contributed by atoms with E-state index in [0.29, 0.717) is 40.0 Å². The van der Waals surface area contributed by atoms with E-state index in [1.54, 1.807) is 41.0 Å².